The Morgan fingerprint density at radius 2 is 1.87 bits per heavy atom. The molecule has 2 aromatic carbocycles. The zero-order chi connectivity index (χ0) is 22.8. The van der Waals surface area contributed by atoms with Gasteiger partial charge in [0, 0.05) is 28.5 Å². The Labute approximate surface area is 198 Å². The van der Waals surface area contributed by atoms with Crippen LogP contribution >= 0.6 is 27.5 Å². The van der Waals surface area contributed by atoms with Gasteiger partial charge in [0.1, 0.15) is 11.8 Å². The lowest BCUT2D eigenvalue weighted by atomic mass is 10.1. The highest BCUT2D eigenvalue weighted by Gasteiger charge is 2.26. The van der Waals surface area contributed by atoms with Gasteiger partial charge in [-0.05, 0) is 68.7 Å². The Morgan fingerprint density at radius 3 is 2.52 bits per heavy atom. The van der Waals surface area contributed by atoms with Crippen LogP contribution in [0.5, 0.6) is 5.75 Å². The zero-order valence-electron chi connectivity index (χ0n) is 18.2. The summed E-state index contributed by atoms with van der Waals surface area (Å²) in [5, 5.41) is 3.63. The molecule has 2 atom stereocenters. The first-order chi connectivity index (χ1) is 14.8. The van der Waals surface area contributed by atoms with Gasteiger partial charge in [-0.1, -0.05) is 46.6 Å². The smallest absolute Gasteiger partial charge is 0.242 e. The summed E-state index contributed by atoms with van der Waals surface area (Å²) >= 11 is 9.35. The Hall–Kier alpha value is -2.05. The van der Waals surface area contributed by atoms with Gasteiger partial charge in [0.2, 0.25) is 11.8 Å². The predicted molar refractivity (Wildman–Crippen MR) is 128 cm³/mol. The van der Waals surface area contributed by atoms with E-state index in [9.17, 15) is 9.59 Å². The van der Waals surface area contributed by atoms with Crippen molar-refractivity contribution in [2.75, 3.05) is 6.61 Å². The lowest BCUT2D eigenvalue weighted by molar-refractivity contribution is -0.141. The lowest BCUT2D eigenvalue weighted by Crippen LogP contribution is -2.49. The summed E-state index contributed by atoms with van der Waals surface area (Å²) in [6.07, 6.45) is 1.68. The highest BCUT2D eigenvalue weighted by atomic mass is 79.9. The van der Waals surface area contributed by atoms with Crippen LogP contribution in [0.4, 0.5) is 0 Å². The number of carbonyl (C=O) groups is 2. The van der Waals surface area contributed by atoms with E-state index in [0.29, 0.717) is 36.8 Å². The molecule has 2 aromatic rings. The molecule has 5 nitrogen and oxygen atoms in total. The number of hydrogen-bond acceptors (Lipinski definition) is 3. The van der Waals surface area contributed by atoms with E-state index in [-0.39, 0.29) is 17.9 Å². The maximum Gasteiger partial charge on any atom is 0.242 e. The van der Waals surface area contributed by atoms with Crippen molar-refractivity contribution in [2.45, 2.75) is 58.7 Å². The molecule has 0 heterocycles. The van der Waals surface area contributed by atoms with Crippen molar-refractivity contribution in [1.29, 1.82) is 0 Å². The van der Waals surface area contributed by atoms with Crippen LogP contribution in [0.1, 0.15) is 45.6 Å². The molecule has 0 fully saturated rings. The van der Waals surface area contributed by atoms with Crippen LogP contribution in [-0.4, -0.2) is 35.4 Å². The summed E-state index contributed by atoms with van der Waals surface area (Å²) < 4.78 is 6.62. The Morgan fingerprint density at radius 1 is 1.16 bits per heavy atom. The van der Waals surface area contributed by atoms with Gasteiger partial charge in [-0.15, -0.1) is 0 Å². The van der Waals surface area contributed by atoms with Crippen molar-refractivity contribution in [2.24, 2.45) is 0 Å². The van der Waals surface area contributed by atoms with Gasteiger partial charge in [0.25, 0.3) is 0 Å². The summed E-state index contributed by atoms with van der Waals surface area (Å²) in [7, 11) is 0. The topological polar surface area (TPSA) is 58.6 Å². The summed E-state index contributed by atoms with van der Waals surface area (Å²) in [6, 6.07) is 14.4. The lowest BCUT2D eigenvalue weighted by Gasteiger charge is -2.30. The monoisotopic (exact) mass is 508 g/mol. The van der Waals surface area contributed by atoms with Crippen LogP contribution in [0.2, 0.25) is 5.02 Å². The van der Waals surface area contributed by atoms with E-state index in [1.54, 1.807) is 36.1 Å². The van der Waals surface area contributed by atoms with E-state index in [4.69, 9.17) is 16.3 Å². The van der Waals surface area contributed by atoms with Gasteiger partial charge < -0.3 is 15.0 Å². The maximum atomic E-state index is 13.1. The van der Waals surface area contributed by atoms with Crippen LogP contribution < -0.4 is 10.1 Å². The van der Waals surface area contributed by atoms with Crippen LogP contribution in [-0.2, 0) is 16.1 Å². The molecule has 0 spiro atoms. The molecule has 0 radical (unpaired) electrons. The maximum absolute atomic E-state index is 13.1. The second kappa shape index (κ2) is 12.7. The first-order valence-electron chi connectivity index (χ1n) is 10.5. The van der Waals surface area contributed by atoms with Crippen LogP contribution in [0.3, 0.4) is 0 Å². The van der Waals surface area contributed by atoms with Crippen LogP contribution in [0.25, 0.3) is 0 Å². The SMILES string of the molecule is CCC(C)NC(=O)C(C)N(Cc1cccc(Br)c1)C(=O)CCCOc1ccc(Cl)cc1. The minimum Gasteiger partial charge on any atom is -0.494 e. The molecule has 2 unspecified atom stereocenters. The highest BCUT2D eigenvalue weighted by Crippen LogP contribution is 2.18. The number of hydrogen-bond donors (Lipinski definition) is 1. The molecule has 0 saturated heterocycles. The van der Waals surface area contributed by atoms with E-state index < -0.39 is 6.04 Å². The first kappa shape index (κ1) is 25.2. The molecule has 0 saturated carbocycles. The predicted octanol–water partition coefficient (Wildman–Crippen LogP) is 5.59. The molecule has 31 heavy (non-hydrogen) atoms. The largest absolute Gasteiger partial charge is 0.494 e. The molecule has 0 aliphatic carbocycles. The van der Waals surface area contributed by atoms with Crippen molar-refractivity contribution in [3.63, 3.8) is 0 Å². The van der Waals surface area contributed by atoms with E-state index >= 15 is 0 Å². The minimum atomic E-state index is -0.572. The number of ether oxygens (including phenoxy) is 1. The molecule has 1 N–H and O–H groups in total. The molecular formula is C24H30BrClN2O3. The van der Waals surface area contributed by atoms with Crippen molar-refractivity contribution in [3.05, 3.63) is 63.6 Å². The van der Waals surface area contributed by atoms with Gasteiger partial charge >= 0.3 is 0 Å². The number of amides is 2. The van der Waals surface area contributed by atoms with Crippen LogP contribution in [0.15, 0.2) is 53.0 Å². The number of carbonyl (C=O) groups excluding carboxylic acids is 2. The summed E-state index contributed by atoms with van der Waals surface area (Å²) in [5.74, 6) is 0.491. The van der Waals surface area contributed by atoms with Gasteiger partial charge in [-0.2, -0.15) is 0 Å². The third-order valence-electron chi connectivity index (χ3n) is 5.03. The number of nitrogens with zero attached hydrogens (tertiary/aromatic N) is 1. The number of benzene rings is 2. The van der Waals surface area contributed by atoms with Crippen molar-refractivity contribution in [1.82, 2.24) is 10.2 Å². The van der Waals surface area contributed by atoms with Gasteiger partial charge in [-0.25, -0.2) is 0 Å². The summed E-state index contributed by atoms with van der Waals surface area (Å²) in [4.78, 5) is 27.4. The average Bonchev–Trinajstić information content (AvgIpc) is 2.75. The van der Waals surface area contributed by atoms with E-state index in [1.165, 1.54) is 0 Å². The summed E-state index contributed by atoms with van der Waals surface area (Å²) in [6.45, 7) is 6.52. The van der Waals surface area contributed by atoms with Gasteiger partial charge in [0.05, 0.1) is 6.61 Å². The Balaban J connectivity index is 2.00. The fourth-order valence-corrected chi connectivity index (χ4v) is 3.54. The highest BCUT2D eigenvalue weighted by molar-refractivity contribution is 9.10. The molecule has 168 valence electrons. The fourth-order valence-electron chi connectivity index (χ4n) is 2.97. The fraction of sp³-hybridized carbons (Fsp3) is 0.417. The molecule has 0 aromatic heterocycles. The van der Waals surface area contributed by atoms with Gasteiger partial charge in [-0.3, -0.25) is 9.59 Å². The van der Waals surface area contributed by atoms with Gasteiger partial charge in [0.15, 0.2) is 0 Å². The minimum absolute atomic E-state index is 0.0607. The quantitative estimate of drug-likeness (QED) is 0.402. The third kappa shape index (κ3) is 8.54. The second-order valence-corrected chi connectivity index (χ2v) is 8.90. The standard InChI is InChI=1S/C24H30BrClN2O3/c1-4-17(2)27-24(30)18(3)28(16-19-7-5-8-20(25)15-19)23(29)9-6-14-31-22-12-10-21(26)11-13-22/h5,7-8,10-13,15,17-18H,4,6,9,14,16H2,1-3H3,(H,27,30). The Bertz CT molecular complexity index is 860. The van der Waals surface area contributed by atoms with Crippen LogP contribution in [0, 0.1) is 0 Å². The normalized spacial score (nSPS) is 12.7. The third-order valence-corrected chi connectivity index (χ3v) is 5.77. The van der Waals surface area contributed by atoms with E-state index in [1.807, 2.05) is 38.1 Å². The second-order valence-electron chi connectivity index (χ2n) is 7.55. The van der Waals surface area contributed by atoms with E-state index in [2.05, 4.69) is 21.2 Å². The van der Waals surface area contributed by atoms with Crippen molar-refractivity contribution in [3.8, 4) is 5.75 Å². The molecule has 0 aliphatic heterocycles. The molecular weight excluding hydrogens is 480 g/mol. The first-order valence-corrected chi connectivity index (χ1v) is 11.7. The van der Waals surface area contributed by atoms with E-state index in [0.717, 1.165) is 16.5 Å². The zero-order valence-corrected chi connectivity index (χ0v) is 20.6. The molecule has 2 rings (SSSR count). The molecule has 0 aliphatic rings. The molecule has 7 heteroatoms. The average molecular weight is 510 g/mol. The molecule has 2 amide bonds. The number of halogens is 2. The Kier molecular flexibility index (Phi) is 10.3. The van der Waals surface area contributed by atoms with Crippen molar-refractivity contribution >= 4 is 39.3 Å². The van der Waals surface area contributed by atoms with Crippen molar-refractivity contribution < 1.29 is 14.3 Å². The number of nitrogens with one attached hydrogen (secondary N) is 1. The molecule has 0 bridgehead atoms. The summed E-state index contributed by atoms with van der Waals surface area (Å²) in [5.41, 5.74) is 0.961. The number of rotatable bonds is 11.